The van der Waals surface area contributed by atoms with Crippen LogP contribution in [-0.2, 0) is 0 Å². The molecule has 0 saturated carbocycles. The minimum atomic E-state index is -2.17. The topological polar surface area (TPSA) is 157 Å². The minimum Gasteiger partial charge on any atom is -0.408 e. The number of nitro benzene ring substituents is 3. The molecule has 31 heavy (non-hydrogen) atoms. The highest BCUT2D eigenvalue weighted by Crippen LogP contribution is 2.43. The van der Waals surface area contributed by atoms with Crippen molar-refractivity contribution in [2.45, 2.75) is 0 Å². The Hall–Kier alpha value is -4.31. The van der Waals surface area contributed by atoms with E-state index in [0.717, 1.165) is 0 Å². The molecular weight excluding hydrogens is 433 g/mol. The molecule has 12 nitrogen and oxygen atoms in total. The van der Waals surface area contributed by atoms with Crippen LogP contribution in [0.4, 0.5) is 17.1 Å². The van der Waals surface area contributed by atoms with Gasteiger partial charge in [0.15, 0.2) is 0 Å². The molecule has 0 N–H and O–H groups in total. The Kier molecular flexibility index (Phi) is 6.53. The van der Waals surface area contributed by atoms with Crippen LogP contribution in [0.1, 0.15) is 0 Å². The summed E-state index contributed by atoms with van der Waals surface area (Å²) in [7, 11) is -2.17. The standard InChI is InChI=1S/C18H12N3O9P/c22-19(23)13-1-7-16(8-2-13)28-31(29-17-9-3-14(4-10-17)20(24)25)30-18-11-5-15(6-12-18)21(26)27/h1-12H. The van der Waals surface area contributed by atoms with E-state index in [1.165, 1.54) is 72.8 Å². The molecule has 0 saturated heterocycles. The number of rotatable bonds is 9. The first-order valence-corrected chi connectivity index (χ1v) is 9.49. The number of nitro groups is 3. The lowest BCUT2D eigenvalue weighted by Gasteiger charge is -2.17. The number of non-ortho nitro benzene ring substituents is 3. The van der Waals surface area contributed by atoms with Crippen LogP contribution in [0.15, 0.2) is 72.8 Å². The summed E-state index contributed by atoms with van der Waals surface area (Å²) in [5, 5.41) is 32.4. The van der Waals surface area contributed by atoms with E-state index in [1.54, 1.807) is 0 Å². The van der Waals surface area contributed by atoms with Crippen LogP contribution >= 0.6 is 8.60 Å². The third-order valence-corrected chi connectivity index (χ3v) is 4.76. The fourth-order valence-electron chi connectivity index (χ4n) is 2.20. The van der Waals surface area contributed by atoms with Crippen molar-refractivity contribution in [1.82, 2.24) is 0 Å². The Bertz CT molecular complexity index is 948. The lowest BCUT2D eigenvalue weighted by molar-refractivity contribution is -0.385. The van der Waals surface area contributed by atoms with Gasteiger partial charge in [-0.3, -0.25) is 30.3 Å². The summed E-state index contributed by atoms with van der Waals surface area (Å²) in [4.78, 5) is 30.7. The lowest BCUT2D eigenvalue weighted by atomic mass is 10.3. The van der Waals surface area contributed by atoms with Crippen LogP contribution in [0.5, 0.6) is 17.2 Å². The van der Waals surface area contributed by atoms with Crippen molar-refractivity contribution in [2.75, 3.05) is 0 Å². The average molecular weight is 445 g/mol. The van der Waals surface area contributed by atoms with E-state index >= 15 is 0 Å². The summed E-state index contributed by atoms with van der Waals surface area (Å²) in [5.41, 5.74) is -0.405. The van der Waals surface area contributed by atoms with Gasteiger partial charge in [-0.05, 0) is 36.4 Å². The van der Waals surface area contributed by atoms with Gasteiger partial charge in [0, 0.05) is 36.4 Å². The monoisotopic (exact) mass is 445 g/mol. The summed E-state index contributed by atoms with van der Waals surface area (Å²) in [5.74, 6) is 0.626. The molecule has 0 heterocycles. The quantitative estimate of drug-likeness (QED) is 0.246. The van der Waals surface area contributed by atoms with Crippen molar-refractivity contribution in [3.63, 3.8) is 0 Å². The van der Waals surface area contributed by atoms with Gasteiger partial charge in [0.25, 0.3) is 17.1 Å². The predicted octanol–water partition coefficient (Wildman–Crippen LogP) is 5.17. The van der Waals surface area contributed by atoms with E-state index in [4.69, 9.17) is 13.6 Å². The summed E-state index contributed by atoms with van der Waals surface area (Å²) in [6.45, 7) is 0. The molecule has 0 aromatic heterocycles. The molecule has 3 aromatic rings. The molecule has 0 bridgehead atoms. The number of hydrogen-bond donors (Lipinski definition) is 0. The molecular formula is C18H12N3O9P. The highest BCUT2D eigenvalue weighted by Gasteiger charge is 2.21. The van der Waals surface area contributed by atoms with Gasteiger partial charge in [-0.15, -0.1) is 0 Å². The van der Waals surface area contributed by atoms with E-state index in [-0.39, 0.29) is 34.3 Å². The van der Waals surface area contributed by atoms with Gasteiger partial charge in [-0.1, -0.05) is 0 Å². The maximum atomic E-state index is 10.8. The average Bonchev–Trinajstić information content (AvgIpc) is 2.75. The fraction of sp³-hybridized carbons (Fsp3) is 0. The number of benzene rings is 3. The molecule has 3 rings (SSSR count). The zero-order valence-corrected chi connectivity index (χ0v) is 16.3. The zero-order chi connectivity index (χ0) is 22.4. The molecule has 13 heteroatoms. The highest BCUT2D eigenvalue weighted by atomic mass is 31.2. The first-order valence-electron chi connectivity index (χ1n) is 8.39. The normalized spacial score (nSPS) is 10.4. The number of hydrogen-bond acceptors (Lipinski definition) is 9. The van der Waals surface area contributed by atoms with Crippen molar-refractivity contribution in [3.8, 4) is 17.2 Å². The van der Waals surface area contributed by atoms with Crippen molar-refractivity contribution in [2.24, 2.45) is 0 Å². The molecule has 158 valence electrons. The van der Waals surface area contributed by atoms with Gasteiger partial charge < -0.3 is 13.6 Å². The molecule has 0 spiro atoms. The van der Waals surface area contributed by atoms with Crippen LogP contribution in [0.2, 0.25) is 0 Å². The van der Waals surface area contributed by atoms with Crippen LogP contribution in [0.25, 0.3) is 0 Å². The summed E-state index contributed by atoms with van der Waals surface area (Å²) in [6, 6.07) is 15.5. The first-order chi connectivity index (χ1) is 14.8. The van der Waals surface area contributed by atoms with Crippen LogP contribution < -0.4 is 13.6 Å². The summed E-state index contributed by atoms with van der Waals surface area (Å²) >= 11 is 0. The first kappa shape index (κ1) is 21.4. The Morgan fingerprint density at radius 3 is 0.903 bits per heavy atom. The highest BCUT2D eigenvalue weighted by molar-refractivity contribution is 7.43. The van der Waals surface area contributed by atoms with Gasteiger partial charge >= 0.3 is 8.60 Å². The maximum Gasteiger partial charge on any atom is 0.530 e. The second-order valence-electron chi connectivity index (χ2n) is 5.75. The smallest absolute Gasteiger partial charge is 0.408 e. The second-order valence-corrected chi connectivity index (χ2v) is 6.75. The Labute approximate surface area is 175 Å². The molecule has 0 aliphatic heterocycles. The fourth-order valence-corrected chi connectivity index (χ4v) is 3.19. The molecule has 0 aliphatic rings. The van der Waals surface area contributed by atoms with Crippen molar-refractivity contribution >= 4 is 25.7 Å². The molecule has 0 atom stereocenters. The molecule has 0 amide bonds. The van der Waals surface area contributed by atoms with Crippen molar-refractivity contribution < 1.29 is 28.3 Å². The van der Waals surface area contributed by atoms with E-state index in [2.05, 4.69) is 0 Å². The van der Waals surface area contributed by atoms with E-state index in [1.807, 2.05) is 0 Å². The Balaban J connectivity index is 1.80. The maximum absolute atomic E-state index is 10.8. The predicted molar refractivity (Wildman–Crippen MR) is 108 cm³/mol. The van der Waals surface area contributed by atoms with Crippen molar-refractivity contribution in [3.05, 3.63) is 103 Å². The van der Waals surface area contributed by atoms with Gasteiger partial charge in [-0.25, -0.2) is 0 Å². The van der Waals surface area contributed by atoms with Crippen LogP contribution in [0.3, 0.4) is 0 Å². The van der Waals surface area contributed by atoms with Gasteiger partial charge in [0.1, 0.15) is 17.2 Å². The molecule has 3 aromatic carbocycles. The molecule has 0 fully saturated rings. The Morgan fingerprint density at radius 1 is 0.484 bits per heavy atom. The second kappa shape index (κ2) is 9.46. The van der Waals surface area contributed by atoms with E-state index in [9.17, 15) is 30.3 Å². The largest absolute Gasteiger partial charge is 0.530 e. The van der Waals surface area contributed by atoms with Crippen LogP contribution in [0, 0.1) is 30.3 Å². The van der Waals surface area contributed by atoms with Gasteiger partial charge in [-0.2, -0.15) is 0 Å². The number of nitrogens with zero attached hydrogens (tertiary/aromatic N) is 3. The summed E-state index contributed by atoms with van der Waals surface area (Å²) in [6.07, 6.45) is 0. The lowest BCUT2D eigenvalue weighted by Crippen LogP contribution is -2.02. The third kappa shape index (κ3) is 5.84. The SMILES string of the molecule is O=[N+]([O-])c1ccc(OP(Oc2ccc([N+](=O)[O-])cc2)Oc2ccc([N+](=O)[O-])cc2)cc1. The van der Waals surface area contributed by atoms with E-state index in [0.29, 0.717) is 0 Å². The van der Waals surface area contributed by atoms with E-state index < -0.39 is 23.4 Å². The molecule has 0 unspecified atom stereocenters. The van der Waals surface area contributed by atoms with Crippen molar-refractivity contribution in [1.29, 1.82) is 0 Å². The third-order valence-electron chi connectivity index (χ3n) is 3.68. The minimum absolute atomic E-state index is 0.135. The molecule has 0 radical (unpaired) electrons. The van der Waals surface area contributed by atoms with Crippen LogP contribution in [-0.4, -0.2) is 14.8 Å². The van der Waals surface area contributed by atoms with Gasteiger partial charge in [0.2, 0.25) is 0 Å². The van der Waals surface area contributed by atoms with Gasteiger partial charge in [0.05, 0.1) is 14.8 Å². The molecule has 0 aliphatic carbocycles. The zero-order valence-electron chi connectivity index (χ0n) is 15.4. The Morgan fingerprint density at radius 2 is 0.710 bits per heavy atom. The summed E-state index contributed by atoms with van der Waals surface area (Å²) < 4.78 is 16.9.